The van der Waals surface area contributed by atoms with Crippen molar-refractivity contribution in [3.63, 3.8) is 0 Å². The van der Waals surface area contributed by atoms with Crippen molar-refractivity contribution in [2.24, 2.45) is 0 Å². The van der Waals surface area contributed by atoms with Crippen molar-refractivity contribution in [1.29, 1.82) is 0 Å². The minimum absolute atomic E-state index is 0.650. The van der Waals surface area contributed by atoms with Gasteiger partial charge in [0.1, 0.15) is 0 Å². The van der Waals surface area contributed by atoms with E-state index in [2.05, 4.69) is 4.98 Å². The monoisotopic (exact) mass is 287 g/mol. The quantitative estimate of drug-likeness (QED) is 0.597. The van der Waals surface area contributed by atoms with Crippen LogP contribution < -0.4 is 0 Å². The molecule has 4 heteroatoms. The van der Waals surface area contributed by atoms with Gasteiger partial charge in [-0.25, -0.2) is 0 Å². The maximum atomic E-state index is 12.6. The van der Waals surface area contributed by atoms with Crippen LogP contribution in [0.3, 0.4) is 0 Å². The van der Waals surface area contributed by atoms with E-state index in [9.17, 15) is 13.2 Å². The molecule has 3 rings (SSSR count). The van der Waals surface area contributed by atoms with E-state index in [-0.39, 0.29) is 0 Å². The molecule has 0 aliphatic heterocycles. The number of pyridine rings is 1. The van der Waals surface area contributed by atoms with Gasteiger partial charge in [0.2, 0.25) is 0 Å². The Labute approximate surface area is 120 Å². The van der Waals surface area contributed by atoms with E-state index in [4.69, 9.17) is 0 Å². The molecule has 0 spiro atoms. The highest BCUT2D eigenvalue weighted by Crippen LogP contribution is 2.32. The normalized spacial score (nSPS) is 11.8. The van der Waals surface area contributed by atoms with Gasteiger partial charge in [0.15, 0.2) is 0 Å². The van der Waals surface area contributed by atoms with Gasteiger partial charge in [-0.2, -0.15) is 13.2 Å². The Kier molecular flexibility index (Phi) is 3.16. The first-order valence-corrected chi connectivity index (χ1v) is 6.49. The third kappa shape index (κ3) is 2.61. The molecule has 1 nitrogen and oxygen atoms in total. The molecule has 0 N–H and O–H groups in total. The third-order valence-electron chi connectivity index (χ3n) is 3.35. The molecule has 21 heavy (non-hydrogen) atoms. The Morgan fingerprint density at radius 1 is 0.905 bits per heavy atom. The molecule has 2 aromatic carbocycles. The minimum atomic E-state index is -4.32. The zero-order chi connectivity index (χ0) is 15.0. The molecule has 0 aliphatic rings. The van der Waals surface area contributed by atoms with Gasteiger partial charge in [0, 0.05) is 16.6 Å². The summed E-state index contributed by atoms with van der Waals surface area (Å²) in [5.74, 6) is 0. The van der Waals surface area contributed by atoms with Crippen LogP contribution in [0.15, 0.2) is 54.6 Å². The smallest absolute Gasteiger partial charge is 0.252 e. The number of aromatic nitrogens is 1. The fraction of sp³-hybridized carbons (Fsp3) is 0.118. The highest BCUT2D eigenvalue weighted by molar-refractivity contribution is 5.94. The summed E-state index contributed by atoms with van der Waals surface area (Å²) >= 11 is 0. The summed E-state index contributed by atoms with van der Waals surface area (Å²) in [5.41, 5.74) is 1.58. The fourth-order valence-corrected chi connectivity index (χ4v) is 2.37. The standard InChI is InChI=1S/C17H12F3N/c1-11-10-13-4-2-3-5-15(13)16(21-11)12-6-8-14(9-7-12)17(18,19)20/h2-10H,1H3. The minimum Gasteiger partial charge on any atom is -0.252 e. The molecule has 0 atom stereocenters. The molecular weight excluding hydrogens is 275 g/mol. The van der Waals surface area contributed by atoms with E-state index in [1.54, 1.807) is 0 Å². The van der Waals surface area contributed by atoms with Crippen molar-refractivity contribution in [3.05, 3.63) is 65.9 Å². The van der Waals surface area contributed by atoms with Crippen LogP contribution in [0, 0.1) is 6.92 Å². The zero-order valence-corrected chi connectivity index (χ0v) is 11.3. The molecule has 0 saturated heterocycles. The van der Waals surface area contributed by atoms with Crippen molar-refractivity contribution in [2.45, 2.75) is 13.1 Å². The molecule has 0 radical (unpaired) electrons. The van der Waals surface area contributed by atoms with Crippen LogP contribution in [0.5, 0.6) is 0 Å². The highest BCUT2D eigenvalue weighted by Gasteiger charge is 2.30. The van der Waals surface area contributed by atoms with Crippen molar-refractivity contribution in [1.82, 2.24) is 4.98 Å². The van der Waals surface area contributed by atoms with Crippen LogP contribution in [0.25, 0.3) is 22.0 Å². The molecule has 0 unspecified atom stereocenters. The highest BCUT2D eigenvalue weighted by atomic mass is 19.4. The van der Waals surface area contributed by atoms with E-state index in [0.29, 0.717) is 11.3 Å². The first kappa shape index (κ1) is 13.6. The number of halogens is 3. The lowest BCUT2D eigenvalue weighted by molar-refractivity contribution is -0.137. The lowest BCUT2D eigenvalue weighted by Crippen LogP contribution is -2.04. The lowest BCUT2D eigenvalue weighted by atomic mass is 10.0. The van der Waals surface area contributed by atoms with Crippen molar-refractivity contribution < 1.29 is 13.2 Å². The Balaban J connectivity index is 2.16. The van der Waals surface area contributed by atoms with E-state index < -0.39 is 11.7 Å². The number of nitrogens with zero attached hydrogens (tertiary/aromatic N) is 1. The fourth-order valence-electron chi connectivity index (χ4n) is 2.37. The predicted molar refractivity (Wildman–Crippen MR) is 76.9 cm³/mol. The molecule has 0 bridgehead atoms. The van der Waals surface area contributed by atoms with E-state index >= 15 is 0 Å². The van der Waals surface area contributed by atoms with E-state index in [1.807, 2.05) is 37.3 Å². The van der Waals surface area contributed by atoms with E-state index in [1.165, 1.54) is 12.1 Å². The number of fused-ring (bicyclic) bond motifs is 1. The first-order valence-electron chi connectivity index (χ1n) is 6.49. The molecule has 1 heterocycles. The Morgan fingerprint density at radius 3 is 2.24 bits per heavy atom. The zero-order valence-electron chi connectivity index (χ0n) is 11.3. The molecular formula is C17H12F3N. The first-order chi connectivity index (χ1) is 9.95. The Bertz CT molecular complexity index is 789. The van der Waals surface area contributed by atoms with Gasteiger partial charge in [-0.05, 0) is 30.5 Å². The average Bonchev–Trinajstić information content (AvgIpc) is 2.45. The number of benzene rings is 2. The van der Waals surface area contributed by atoms with E-state index in [0.717, 1.165) is 28.6 Å². The summed E-state index contributed by atoms with van der Waals surface area (Å²) < 4.78 is 37.9. The predicted octanol–water partition coefficient (Wildman–Crippen LogP) is 5.23. The molecule has 0 saturated carbocycles. The van der Waals surface area contributed by atoms with Crippen LogP contribution in [-0.4, -0.2) is 4.98 Å². The SMILES string of the molecule is Cc1cc2ccccc2c(-c2ccc(C(F)(F)F)cc2)n1. The average molecular weight is 287 g/mol. The maximum Gasteiger partial charge on any atom is 0.416 e. The van der Waals surface area contributed by atoms with Crippen LogP contribution in [0.4, 0.5) is 13.2 Å². The second-order valence-electron chi connectivity index (χ2n) is 4.91. The summed E-state index contributed by atoms with van der Waals surface area (Å²) in [6, 6.07) is 14.8. The van der Waals surface area contributed by atoms with Gasteiger partial charge in [-0.15, -0.1) is 0 Å². The number of rotatable bonds is 1. The van der Waals surface area contributed by atoms with Gasteiger partial charge >= 0.3 is 6.18 Å². The Hall–Kier alpha value is -2.36. The summed E-state index contributed by atoms with van der Waals surface area (Å²) in [6.07, 6.45) is -4.32. The van der Waals surface area contributed by atoms with Crippen LogP contribution >= 0.6 is 0 Å². The molecule has 1 aromatic heterocycles. The molecule has 0 aliphatic carbocycles. The molecule has 0 amide bonds. The number of aryl methyl sites for hydroxylation is 1. The number of hydrogen-bond donors (Lipinski definition) is 0. The summed E-state index contributed by atoms with van der Waals surface area (Å²) in [5, 5.41) is 1.96. The van der Waals surface area contributed by atoms with Gasteiger partial charge in [-0.1, -0.05) is 36.4 Å². The van der Waals surface area contributed by atoms with Gasteiger partial charge < -0.3 is 0 Å². The van der Waals surface area contributed by atoms with Crippen LogP contribution in [0.2, 0.25) is 0 Å². The second-order valence-corrected chi connectivity index (χ2v) is 4.91. The van der Waals surface area contributed by atoms with Crippen molar-refractivity contribution in [3.8, 4) is 11.3 Å². The van der Waals surface area contributed by atoms with Gasteiger partial charge in [-0.3, -0.25) is 4.98 Å². The summed E-state index contributed by atoms with van der Waals surface area (Å²) in [6.45, 7) is 1.88. The van der Waals surface area contributed by atoms with Crippen LogP contribution in [0.1, 0.15) is 11.3 Å². The second kappa shape index (κ2) is 4.88. The summed E-state index contributed by atoms with van der Waals surface area (Å²) in [4.78, 5) is 4.48. The van der Waals surface area contributed by atoms with Crippen molar-refractivity contribution in [2.75, 3.05) is 0 Å². The maximum absolute atomic E-state index is 12.6. The number of alkyl halides is 3. The molecule has 3 aromatic rings. The van der Waals surface area contributed by atoms with Gasteiger partial charge in [0.05, 0.1) is 11.3 Å². The van der Waals surface area contributed by atoms with Gasteiger partial charge in [0.25, 0.3) is 0 Å². The largest absolute Gasteiger partial charge is 0.416 e. The van der Waals surface area contributed by atoms with Crippen molar-refractivity contribution >= 4 is 10.8 Å². The third-order valence-corrected chi connectivity index (χ3v) is 3.35. The molecule has 0 fully saturated rings. The topological polar surface area (TPSA) is 12.9 Å². The van der Waals surface area contributed by atoms with Crippen LogP contribution in [-0.2, 0) is 6.18 Å². The molecule has 106 valence electrons. The summed E-state index contributed by atoms with van der Waals surface area (Å²) in [7, 11) is 0. The lowest BCUT2D eigenvalue weighted by Gasteiger charge is -2.10. The number of hydrogen-bond acceptors (Lipinski definition) is 1. The Morgan fingerprint density at radius 2 is 1.57 bits per heavy atom.